The van der Waals surface area contributed by atoms with Crippen LogP contribution in [0.1, 0.15) is 56.2 Å². The van der Waals surface area contributed by atoms with Crippen molar-refractivity contribution in [3.63, 3.8) is 0 Å². The van der Waals surface area contributed by atoms with Crippen molar-refractivity contribution in [2.45, 2.75) is 39.5 Å². The van der Waals surface area contributed by atoms with Crippen LogP contribution < -0.4 is 4.74 Å². The molecule has 0 aliphatic carbocycles. The van der Waals surface area contributed by atoms with Crippen molar-refractivity contribution in [3.8, 4) is 5.75 Å². The van der Waals surface area contributed by atoms with Crippen LogP contribution in [-0.4, -0.2) is 18.5 Å². The van der Waals surface area contributed by atoms with Gasteiger partial charge in [0.05, 0.1) is 15.6 Å². The van der Waals surface area contributed by atoms with Crippen LogP contribution in [0.15, 0.2) is 56.0 Å². The van der Waals surface area contributed by atoms with Gasteiger partial charge in [-0.1, -0.05) is 39.3 Å². The van der Waals surface area contributed by atoms with Crippen LogP contribution in [0, 0.1) is 0 Å². The number of carbonyl (C=O) groups is 1. The molecule has 1 aliphatic heterocycles. The van der Waals surface area contributed by atoms with E-state index in [1.165, 1.54) is 5.56 Å². The number of esters is 1. The Hall–Kier alpha value is -1.92. The average Bonchev–Trinajstić information content (AvgIpc) is 3.04. The fraction of sp³-hybridized carbons (Fsp3) is 0.304. The van der Waals surface area contributed by atoms with Gasteiger partial charge in [0.25, 0.3) is 0 Å². The number of unbranched alkanes of at least 4 members (excludes halogenated alkanes) is 1. The second-order valence-electron chi connectivity index (χ2n) is 7.13. The highest BCUT2D eigenvalue weighted by Crippen LogP contribution is 2.36. The van der Waals surface area contributed by atoms with E-state index in [2.05, 4.69) is 57.6 Å². The Labute approximate surface area is 188 Å². The Morgan fingerprint density at radius 1 is 1.14 bits per heavy atom. The molecule has 0 amide bonds. The standard InChI is InChI=1S/C23H23Br2NO3/c1-4-5-10-28-21-18(24)11-15(12-19(21)25)13-20-23(27)29-22(26-20)17-8-6-16(7-9-17)14(2)3/h6-9,11-14H,4-5,10H2,1-3H3/b20-13-. The number of hydrogen-bond donors (Lipinski definition) is 0. The molecule has 0 bridgehead atoms. The smallest absolute Gasteiger partial charge is 0.363 e. The minimum atomic E-state index is -0.455. The maximum absolute atomic E-state index is 12.3. The van der Waals surface area contributed by atoms with Crippen molar-refractivity contribution in [1.29, 1.82) is 0 Å². The van der Waals surface area contributed by atoms with Gasteiger partial charge in [-0.05, 0) is 85.7 Å². The maximum Gasteiger partial charge on any atom is 0.363 e. The normalized spacial score (nSPS) is 15.0. The highest BCUT2D eigenvalue weighted by molar-refractivity contribution is 9.11. The number of halogens is 2. The van der Waals surface area contributed by atoms with Crippen LogP contribution in [0.5, 0.6) is 5.75 Å². The van der Waals surface area contributed by atoms with E-state index < -0.39 is 5.97 Å². The lowest BCUT2D eigenvalue weighted by Gasteiger charge is -2.11. The minimum absolute atomic E-state index is 0.270. The van der Waals surface area contributed by atoms with Gasteiger partial charge in [0.15, 0.2) is 5.70 Å². The van der Waals surface area contributed by atoms with Crippen molar-refractivity contribution in [2.75, 3.05) is 6.61 Å². The van der Waals surface area contributed by atoms with E-state index in [9.17, 15) is 4.79 Å². The fourth-order valence-corrected chi connectivity index (χ4v) is 4.27. The van der Waals surface area contributed by atoms with E-state index in [4.69, 9.17) is 9.47 Å². The van der Waals surface area contributed by atoms with E-state index in [1.807, 2.05) is 36.4 Å². The van der Waals surface area contributed by atoms with Gasteiger partial charge in [0.2, 0.25) is 5.90 Å². The quantitative estimate of drug-likeness (QED) is 0.227. The summed E-state index contributed by atoms with van der Waals surface area (Å²) in [6.45, 7) is 7.05. The molecule has 1 aliphatic rings. The number of hydrogen-bond acceptors (Lipinski definition) is 4. The number of cyclic esters (lactones) is 1. The zero-order valence-corrected chi connectivity index (χ0v) is 19.8. The second kappa shape index (κ2) is 9.72. The minimum Gasteiger partial charge on any atom is -0.491 e. The van der Waals surface area contributed by atoms with E-state index >= 15 is 0 Å². The highest BCUT2D eigenvalue weighted by atomic mass is 79.9. The molecule has 2 aromatic rings. The van der Waals surface area contributed by atoms with Crippen LogP contribution in [0.4, 0.5) is 0 Å². The van der Waals surface area contributed by atoms with E-state index in [-0.39, 0.29) is 5.70 Å². The van der Waals surface area contributed by atoms with Crippen molar-refractivity contribution < 1.29 is 14.3 Å². The van der Waals surface area contributed by atoms with E-state index in [1.54, 1.807) is 6.08 Å². The molecule has 0 aromatic heterocycles. The van der Waals surface area contributed by atoms with Gasteiger partial charge >= 0.3 is 5.97 Å². The molecular weight excluding hydrogens is 498 g/mol. The predicted molar refractivity (Wildman–Crippen MR) is 123 cm³/mol. The Morgan fingerprint density at radius 3 is 2.38 bits per heavy atom. The summed E-state index contributed by atoms with van der Waals surface area (Å²) in [5.74, 6) is 1.07. The molecule has 0 saturated heterocycles. The van der Waals surface area contributed by atoms with Crippen molar-refractivity contribution in [1.82, 2.24) is 0 Å². The topological polar surface area (TPSA) is 47.9 Å². The van der Waals surface area contributed by atoms with Crippen molar-refractivity contribution >= 4 is 49.8 Å². The Balaban J connectivity index is 1.83. The molecule has 0 fully saturated rings. The van der Waals surface area contributed by atoms with Crippen molar-refractivity contribution in [3.05, 3.63) is 67.7 Å². The molecule has 4 nitrogen and oxygen atoms in total. The lowest BCUT2D eigenvalue weighted by molar-refractivity contribution is -0.129. The molecule has 6 heteroatoms. The van der Waals surface area contributed by atoms with Crippen LogP contribution in [0.25, 0.3) is 6.08 Å². The molecule has 1 heterocycles. The molecule has 0 unspecified atom stereocenters. The van der Waals surface area contributed by atoms with Gasteiger partial charge in [-0.25, -0.2) is 9.79 Å². The summed E-state index contributed by atoms with van der Waals surface area (Å²) >= 11 is 7.09. The summed E-state index contributed by atoms with van der Waals surface area (Å²) in [5, 5.41) is 0. The number of carbonyl (C=O) groups excluding carboxylic acids is 1. The summed E-state index contributed by atoms with van der Waals surface area (Å²) in [6.07, 6.45) is 3.78. The van der Waals surface area contributed by atoms with Crippen LogP contribution in [0.3, 0.4) is 0 Å². The van der Waals surface area contributed by atoms with Crippen LogP contribution in [-0.2, 0) is 9.53 Å². The monoisotopic (exact) mass is 519 g/mol. The van der Waals surface area contributed by atoms with Crippen LogP contribution >= 0.6 is 31.9 Å². The third-order valence-corrected chi connectivity index (χ3v) is 5.69. The molecule has 3 rings (SSSR count). The number of aliphatic imine (C=N–C) groups is 1. The fourth-order valence-electron chi connectivity index (χ4n) is 2.82. The maximum atomic E-state index is 12.3. The third kappa shape index (κ3) is 5.37. The molecule has 152 valence electrons. The van der Waals surface area contributed by atoms with Gasteiger partial charge in [-0.2, -0.15) is 0 Å². The van der Waals surface area contributed by atoms with Gasteiger partial charge in [0, 0.05) is 5.56 Å². The molecule has 0 spiro atoms. The largest absolute Gasteiger partial charge is 0.491 e. The lowest BCUT2D eigenvalue weighted by Crippen LogP contribution is -2.05. The summed E-state index contributed by atoms with van der Waals surface area (Å²) in [7, 11) is 0. The summed E-state index contributed by atoms with van der Waals surface area (Å²) in [5.41, 5.74) is 3.10. The molecule has 2 aromatic carbocycles. The van der Waals surface area contributed by atoms with Gasteiger partial charge in [-0.15, -0.1) is 0 Å². The average molecular weight is 521 g/mol. The molecule has 0 atom stereocenters. The first-order valence-corrected chi connectivity index (χ1v) is 11.2. The highest BCUT2D eigenvalue weighted by Gasteiger charge is 2.24. The van der Waals surface area contributed by atoms with Crippen molar-refractivity contribution in [2.24, 2.45) is 4.99 Å². The lowest BCUT2D eigenvalue weighted by atomic mass is 10.0. The van der Waals surface area contributed by atoms with Crippen LogP contribution in [0.2, 0.25) is 0 Å². The zero-order chi connectivity index (χ0) is 21.0. The first-order valence-electron chi connectivity index (χ1n) is 9.63. The van der Waals surface area contributed by atoms with E-state index in [0.717, 1.165) is 38.7 Å². The second-order valence-corrected chi connectivity index (χ2v) is 8.84. The van der Waals surface area contributed by atoms with E-state index in [0.29, 0.717) is 18.4 Å². The van der Waals surface area contributed by atoms with Gasteiger partial charge in [-0.3, -0.25) is 0 Å². The van der Waals surface area contributed by atoms with Gasteiger partial charge in [0.1, 0.15) is 5.75 Å². The number of rotatable bonds is 7. The van der Waals surface area contributed by atoms with Gasteiger partial charge < -0.3 is 9.47 Å². The summed E-state index contributed by atoms with van der Waals surface area (Å²) in [4.78, 5) is 16.7. The molecule has 29 heavy (non-hydrogen) atoms. The molecular formula is C23H23Br2NO3. The summed E-state index contributed by atoms with van der Waals surface area (Å²) < 4.78 is 12.8. The number of nitrogens with zero attached hydrogens (tertiary/aromatic N) is 1. The Morgan fingerprint density at radius 2 is 1.79 bits per heavy atom. The predicted octanol–water partition coefficient (Wildman–Crippen LogP) is 6.86. The number of ether oxygens (including phenoxy) is 2. The number of benzene rings is 2. The first-order chi connectivity index (χ1) is 13.9. The SMILES string of the molecule is CCCCOc1c(Br)cc(/C=C2\N=C(c3ccc(C(C)C)cc3)OC2=O)cc1Br. The molecule has 0 radical (unpaired) electrons. The summed E-state index contributed by atoms with van der Waals surface area (Å²) in [6, 6.07) is 11.7. The first kappa shape index (κ1) is 21.8. The Bertz CT molecular complexity index is 940. The zero-order valence-electron chi connectivity index (χ0n) is 16.7. The molecule has 0 saturated carbocycles. The third-order valence-electron chi connectivity index (χ3n) is 4.51. The Kier molecular flexibility index (Phi) is 7.30. The molecule has 0 N–H and O–H groups in total.